The Bertz CT molecular complexity index is 235. The lowest BCUT2D eigenvalue weighted by Crippen LogP contribution is -2.30. The Morgan fingerprint density at radius 1 is 0.615 bits per heavy atom. The third-order valence-electron chi connectivity index (χ3n) is 5.54. The highest BCUT2D eigenvalue weighted by Crippen LogP contribution is 2.70. The van der Waals surface area contributed by atoms with Crippen LogP contribution in [-0.2, 0) is 0 Å². The van der Waals surface area contributed by atoms with Crippen LogP contribution in [0, 0.1) is 35.5 Å². The lowest BCUT2D eigenvalue weighted by molar-refractivity contribution is 0.0365. The van der Waals surface area contributed by atoms with Gasteiger partial charge in [0.1, 0.15) is 0 Å². The van der Waals surface area contributed by atoms with E-state index in [4.69, 9.17) is 0 Å². The first-order valence-electron chi connectivity index (χ1n) is 5.63. The molecule has 4 aliphatic rings. The summed E-state index contributed by atoms with van der Waals surface area (Å²) in [6, 6.07) is 0. The number of aliphatic hydroxyl groups excluding tert-OH is 2. The summed E-state index contributed by atoms with van der Waals surface area (Å²) in [5.41, 5.74) is 0. The van der Waals surface area contributed by atoms with Gasteiger partial charge < -0.3 is 10.2 Å². The molecule has 0 aromatic carbocycles. The molecule has 0 aromatic rings. The second-order valence-electron chi connectivity index (χ2n) is 5.65. The third-order valence-corrected chi connectivity index (χ3v) is 5.54. The summed E-state index contributed by atoms with van der Waals surface area (Å²) in [6.07, 6.45) is 3.24. The van der Waals surface area contributed by atoms with Gasteiger partial charge in [0, 0.05) is 0 Å². The molecule has 0 saturated heterocycles. The maximum Gasteiger partial charge on any atom is 0.0577 e. The second-order valence-corrected chi connectivity index (χ2v) is 5.65. The van der Waals surface area contributed by atoms with Gasteiger partial charge in [-0.05, 0) is 54.8 Å². The monoisotopic (exact) mass is 180 g/mol. The second kappa shape index (κ2) is 1.96. The Hall–Kier alpha value is -0.0800. The number of aliphatic hydroxyl groups is 2. The lowest BCUT2D eigenvalue weighted by Gasteiger charge is -2.27. The van der Waals surface area contributed by atoms with E-state index in [1.807, 2.05) is 0 Å². The van der Waals surface area contributed by atoms with Crippen LogP contribution in [0.2, 0.25) is 0 Å². The summed E-state index contributed by atoms with van der Waals surface area (Å²) in [7, 11) is 0. The molecule has 2 N–H and O–H groups in total. The smallest absolute Gasteiger partial charge is 0.0577 e. The van der Waals surface area contributed by atoms with Crippen molar-refractivity contribution in [3.8, 4) is 0 Å². The van der Waals surface area contributed by atoms with E-state index in [-0.39, 0.29) is 12.2 Å². The van der Waals surface area contributed by atoms with E-state index in [0.717, 1.165) is 36.5 Å². The molecule has 2 bridgehead atoms. The highest BCUT2D eigenvalue weighted by molar-refractivity contribution is 5.17. The largest absolute Gasteiger partial charge is 0.393 e. The van der Waals surface area contributed by atoms with Crippen LogP contribution in [0.25, 0.3) is 0 Å². The van der Waals surface area contributed by atoms with Crippen molar-refractivity contribution in [3.63, 3.8) is 0 Å². The standard InChI is InChI=1S/C11H16O2/c12-8-2-4-5-3-9(13)11-7(5)1-6(4)10(8)11/h4-13H,1-3H2/t4-,5+,6-,7+,8+,9-,10+,11-. The predicted molar refractivity (Wildman–Crippen MR) is 46.8 cm³/mol. The molecule has 4 saturated carbocycles. The highest BCUT2D eigenvalue weighted by Gasteiger charge is 2.68. The number of fused-ring (bicyclic) bond motifs is 2. The first-order chi connectivity index (χ1) is 6.27. The number of hydrogen-bond donors (Lipinski definition) is 2. The van der Waals surface area contributed by atoms with Gasteiger partial charge >= 0.3 is 0 Å². The molecule has 8 atom stereocenters. The molecular formula is C11H16O2. The van der Waals surface area contributed by atoms with E-state index in [1.165, 1.54) is 6.42 Å². The molecule has 0 aliphatic heterocycles. The lowest BCUT2D eigenvalue weighted by atomic mass is 9.79. The van der Waals surface area contributed by atoms with Crippen LogP contribution < -0.4 is 0 Å². The van der Waals surface area contributed by atoms with Crippen LogP contribution in [0.3, 0.4) is 0 Å². The fourth-order valence-corrected chi connectivity index (χ4v) is 5.41. The van der Waals surface area contributed by atoms with Gasteiger partial charge in [-0.3, -0.25) is 0 Å². The van der Waals surface area contributed by atoms with Gasteiger partial charge in [0.2, 0.25) is 0 Å². The Kier molecular flexibility index (Phi) is 1.09. The minimum Gasteiger partial charge on any atom is -0.393 e. The van der Waals surface area contributed by atoms with Gasteiger partial charge in [0.25, 0.3) is 0 Å². The van der Waals surface area contributed by atoms with E-state index in [1.54, 1.807) is 0 Å². The van der Waals surface area contributed by atoms with Crippen molar-refractivity contribution in [2.75, 3.05) is 0 Å². The first-order valence-corrected chi connectivity index (χ1v) is 5.63. The number of rotatable bonds is 0. The van der Waals surface area contributed by atoms with Gasteiger partial charge in [-0.25, -0.2) is 0 Å². The minimum atomic E-state index is -0.0788. The van der Waals surface area contributed by atoms with Crippen molar-refractivity contribution >= 4 is 0 Å². The van der Waals surface area contributed by atoms with Gasteiger partial charge in [0.05, 0.1) is 12.2 Å². The molecule has 2 nitrogen and oxygen atoms in total. The Morgan fingerprint density at radius 3 is 1.54 bits per heavy atom. The van der Waals surface area contributed by atoms with E-state index < -0.39 is 0 Å². The van der Waals surface area contributed by atoms with Gasteiger partial charge in [0.15, 0.2) is 0 Å². The van der Waals surface area contributed by atoms with Crippen molar-refractivity contribution in [1.82, 2.24) is 0 Å². The van der Waals surface area contributed by atoms with E-state index in [2.05, 4.69) is 0 Å². The van der Waals surface area contributed by atoms with Crippen LogP contribution in [0.1, 0.15) is 19.3 Å². The summed E-state index contributed by atoms with van der Waals surface area (Å²) in [5, 5.41) is 19.9. The van der Waals surface area contributed by atoms with Gasteiger partial charge in [-0.15, -0.1) is 0 Å². The van der Waals surface area contributed by atoms with E-state index >= 15 is 0 Å². The average Bonchev–Trinajstić information content (AvgIpc) is 2.67. The van der Waals surface area contributed by atoms with Crippen molar-refractivity contribution in [1.29, 1.82) is 0 Å². The molecule has 0 amide bonds. The highest BCUT2D eigenvalue weighted by atomic mass is 16.3. The Balaban J connectivity index is 1.86. The predicted octanol–water partition coefficient (Wildman–Crippen LogP) is 0.630. The Labute approximate surface area is 78.0 Å². The van der Waals surface area contributed by atoms with Gasteiger partial charge in [-0.2, -0.15) is 0 Å². The maximum atomic E-state index is 9.93. The zero-order valence-corrected chi connectivity index (χ0v) is 7.63. The van der Waals surface area contributed by atoms with Crippen LogP contribution in [-0.4, -0.2) is 22.4 Å². The van der Waals surface area contributed by atoms with Crippen molar-refractivity contribution in [3.05, 3.63) is 0 Å². The molecule has 4 rings (SSSR count). The SMILES string of the molecule is O[C@@H]1C[C@H]2[C@H]3C[C@H](O)[C@@H]4[C@@H]3C[C@@H]2[C@@H]41. The molecule has 0 heterocycles. The van der Waals surface area contributed by atoms with Crippen molar-refractivity contribution in [2.24, 2.45) is 35.5 Å². The molecule has 2 heteroatoms. The molecule has 0 radical (unpaired) electrons. The topological polar surface area (TPSA) is 40.5 Å². The van der Waals surface area contributed by atoms with Gasteiger partial charge in [-0.1, -0.05) is 0 Å². The zero-order chi connectivity index (χ0) is 8.74. The summed E-state index contributed by atoms with van der Waals surface area (Å²) in [6.45, 7) is 0. The quantitative estimate of drug-likeness (QED) is 0.574. The summed E-state index contributed by atoms with van der Waals surface area (Å²) in [4.78, 5) is 0. The molecular weight excluding hydrogens is 164 g/mol. The summed E-state index contributed by atoms with van der Waals surface area (Å²) < 4.78 is 0. The first kappa shape index (κ1) is 7.24. The molecule has 4 fully saturated rings. The van der Waals surface area contributed by atoms with E-state index in [0.29, 0.717) is 11.8 Å². The minimum absolute atomic E-state index is 0.0788. The average molecular weight is 180 g/mol. The van der Waals surface area contributed by atoms with Crippen LogP contribution in [0.4, 0.5) is 0 Å². The molecule has 0 aromatic heterocycles. The summed E-state index contributed by atoms with van der Waals surface area (Å²) >= 11 is 0. The fourth-order valence-electron chi connectivity index (χ4n) is 5.41. The molecule has 0 spiro atoms. The van der Waals surface area contributed by atoms with E-state index in [9.17, 15) is 10.2 Å². The number of hydrogen-bond acceptors (Lipinski definition) is 2. The van der Waals surface area contributed by atoms with Crippen molar-refractivity contribution < 1.29 is 10.2 Å². The Morgan fingerprint density at radius 2 is 1.08 bits per heavy atom. The normalized spacial score (nSPS) is 72.5. The van der Waals surface area contributed by atoms with Crippen LogP contribution >= 0.6 is 0 Å². The van der Waals surface area contributed by atoms with Crippen LogP contribution in [0.5, 0.6) is 0 Å². The molecule has 0 unspecified atom stereocenters. The zero-order valence-electron chi connectivity index (χ0n) is 7.63. The maximum absolute atomic E-state index is 9.93. The molecule has 4 aliphatic carbocycles. The van der Waals surface area contributed by atoms with Crippen molar-refractivity contribution in [2.45, 2.75) is 31.5 Å². The van der Waals surface area contributed by atoms with Crippen LogP contribution in [0.15, 0.2) is 0 Å². The fraction of sp³-hybridized carbons (Fsp3) is 1.00. The summed E-state index contributed by atoms with van der Waals surface area (Å²) in [5.74, 6) is 4.07. The molecule has 13 heavy (non-hydrogen) atoms. The third kappa shape index (κ3) is 0.608. The molecule has 72 valence electrons.